The normalized spacial score (nSPS) is 12.0. The molecule has 3 heteroatoms. The minimum absolute atomic E-state index is 1.37. The van der Waals surface area contributed by atoms with Crippen molar-refractivity contribution in [1.82, 2.24) is 0 Å². The number of hydrogen-bond donors (Lipinski definition) is 0. The number of fused-ring (bicyclic) bond motifs is 6. The van der Waals surface area contributed by atoms with Crippen molar-refractivity contribution in [2.75, 3.05) is 0 Å². The van der Waals surface area contributed by atoms with Crippen LogP contribution < -0.4 is 0 Å². The van der Waals surface area contributed by atoms with Crippen molar-refractivity contribution in [3.63, 3.8) is 0 Å². The first-order valence-electron chi connectivity index (χ1n) is 6.50. The standard InChI is InChI=1S/C17H9PS2/c1-3-7-12-10(5-1)16-14(19-12)9-15-17(18-16)11-6-2-4-8-13(11)20-15/h1-9H. The van der Waals surface area contributed by atoms with Gasteiger partial charge in [0.05, 0.1) is 0 Å². The summed E-state index contributed by atoms with van der Waals surface area (Å²) in [6.45, 7) is 0. The van der Waals surface area contributed by atoms with Gasteiger partial charge in [-0.2, -0.15) is 0 Å². The van der Waals surface area contributed by atoms with Gasteiger partial charge < -0.3 is 0 Å². The first-order valence-corrected chi connectivity index (χ1v) is 9.02. The monoisotopic (exact) mass is 308 g/mol. The van der Waals surface area contributed by atoms with Gasteiger partial charge >= 0.3 is 0 Å². The van der Waals surface area contributed by atoms with Crippen LogP contribution in [0.3, 0.4) is 0 Å². The third-order valence-corrected chi connectivity index (χ3v) is 7.63. The number of benzene rings is 2. The molecule has 0 atom stereocenters. The van der Waals surface area contributed by atoms with Crippen LogP contribution >= 0.6 is 30.9 Å². The van der Waals surface area contributed by atoms with Gasteiger partial charge in [-0.1, -0.05) is 44.6 Å². The summed E-state index contributed by atoms with van der Waals surface area (Å²) in [6, 6.07) is 19.9. The highest BCUT2D eigenvalue weighted by Gasteiger charge is 2.10. The molecule has 0 aliphatic rings. The summed E-state index contributed by atoms with van der Waals surface area (Å²) in [7, 11) is 1.37. The fourth-order valence-electron chi connectivity index (χ4n) is 2.76. The minimum Gasteiger partial charge on any atom is -0.135 e. The van der Waals surface area contributed by atoms with Gasteiger partial charge in [-0.25, -0.2) is 0 Å². The summed E-state index contributed by atoms with van der Waals surface area (Å²) in [5, 5.41) is 5.82. The molecular formula is C17H9PS2. The van der Waals surface area contributed by atoms with E-state index in [1.807, 2.05) is 22.7 Å². The lowest BCUT2D eigenvalue weighted by molar-refractivity contribution is 1.87. The molecule has 20 heavy (non-hydrogen) atoms. The van der Waals surface area contributed by atoms with Gasteiger partial charge in [0.15, 0.2) is 0 Å². The Labute approximate surface area is 125 Å². The summed E-state index contributed by atoms with van der Waals surface area (Å²) in [4.78, 5) is 0. The zero-order valence-corrected chi connectivity index (χ0v) is 13.0. The molecule has 0 spiro atoms. The molecule has 0 aliphatic carbocycles. The highest BCUT2D eigenvalue weighted by molar-refractivity contribution is 7.49. The van der Waals surface area contributed by atoms with Crippen LogP contribution in [0.15, 0.2) is 54.6 Å². The molecule has 0 amide bonds. The van der Waals surface area contributed by atoms with E-state index in [4.69, 9.17) is 0 Å². The van der Waals surface area contributed by atoms with Crippen molar-refractivity contribution in [2.45, 2.75) is 0 Å². The highest BCUT2D eigenvalue weighted by Crippen LogP contribution is 2.47. The van der Waals surface area contributed by atoms with Crippen LogP contribution in [0.2, 0.25) is 0 Å². The van der Waals surface area contributed by atoms with E-state index in [1.54, 1.807) is 0 Å². The Morgan fingerprint density at radius 1 is 0.600 bits per heavy atom. The van der Waals surface area contributed by atoms with E-state index >= 15 is 0 Å². The summed E-state index contributed by atoms with van der Waals surface area (Å²) in [5.41, 5.74) is 0. The van der Waals surface area contributed by atoms with Gasteiger partial charge in [0.1, 0.15) is 0 Å². The molecule has 2 aromatic carbocycles. The van der Waals surface area contributed by atoms with Crippen LogP contribution in [0, 0.1) is 0 Å². The molecule has 0 bridgehead atoms. The number of thiophene rings is 2. The van der Waals surface area contributed by atoms with Gasteiger partial charge in [-0.15, -0.1) is 22.7 Å². The van der Waals surface area contributed by atoms with Crippen LogP contribution in [0.5, 0.6) is 0 Å². The lowest BCUT2D eigenvalue weighted by atomic mass is 10.2. The van der Waals surface area contributed by atoms with Gasteiger partial charge in [0.2, 0.25) is 0 Å². The van der Waals surface area contributed by atoms with Gasteiger partial charge in [0, 0.05) is 39.8 Å². The molecule has 0 fully saturated rings. The number of hydrogen-bond acceptors (Lipinski definition) is 2. The first kappa shape index (κ1) is 11.2. The molecule has 0 saturated heterocycles. The molecule has 0 radical (unpaired) electrons. The van der Waals surface area contributed by atoms with Crippen molar-refractivity contribution in [1.29, 1.82) is 0 Å². The van der Waals surface area contributed by atoms with E-state index in [0.29, 0.717) is 0 Å². The maximum atomic E-state index is 2.39. The molecule has 0 aliphatic heterocycles. The largest absolute Gasteiger partial charge is 0.135 e. The molecule has 0 nitrogen and oxygen atoms in total. The predicted octanol–water partition coefficient (Wildman–Crippen LogP) is 7.00. The number of rotatable bonds is 0. The lowest BCUT2D eigenvalue weighted by Gasteiger charge is -1.93. The van der Waals surface area contributed by atoms with E-state index in [-0.39, 0.29) is 0 Å². The first-order chi connectivity index (χ1) is 9.90. The topological polar surface area (TPSA) is 0 Å². The third kappa shape index (κ3) is 1.44. The Morgan fingerprint density at radius 2 is 1.10 bits per heavy atom. The van der Waals surface area contributed by atoms with Crippen molar-refractivity contribution in [2.24, 2.45) is 0 Å². The fraction of sp³-hybridized carbons (Fsp3) is 0. The second-order valence-electron chi connectivity index (χ2n) is 4.88. The van der Waals surface area contributed by atoms with E-state index < -0.39 is 0 Å². The molecule has 5 aromatic rings. The van der Waals surface area contributed by atoms with E-state index in [1.165, 1.54) is 48.0 Å². The quantitative estimate of drug-likeness (QED) is 0.289. The summed E-state index contributed by atoms with van der Waals surface area (Å²) in [6.07, 6.45) is 0. The smallest absolute Gasteiger partial charge is 0.0415 e. The van der Waals surface area contributed by atoms with Crippen molar-refractivity contribution < 1.29 is 0 Å². The summed E-state index contributed by atoms with van der Waals surface area (Å²) in [5.74, 6) is 0. The lowest BCUT2D eigenvalue weighted by Crippen LogP contribution is -1.62. The Bertz CT molecular complexity index is 1020. The van der Waals surface area contributed by atoms with Gasteiger partial charge in [0.25, 0.3) is 0 Å². The highest BCUT2D eigenvalue weighted by atomic mass is 32.1. The maximum absolute atomic E-state index is 2.39. The average Bonchev–Trinajstić information content (AvgIpc) is 3.02. The van der Waals surface area contributed by atoms with Crippen molar-refractivity contribution >= 4 is 70.7 Å². The van der Waals surface area contributed by atoms with E-state index in [0.717, 1.165) is 0 Å². The van der Waals surface area contributed by atoms with Crippen LogP contribution in [0.1, 0.15) is 0 Å². The maximum Gasteiger partial charge on any atom is 0.0415 e. The predicted molar refractivity (Wildman–Crippen MR) is 94.7 cm³/mol. The SMILES string of the molecule is c1ccc2c(c1)sc1cc3sc4ccccc4c3pc12. The van der Waals surface area contributed by atoms with Crippen LogP contribution in [0.4, 0.5) is 0 Å². The van der Waals surface area contributed by atoms with E-state index in [2.05, 4.69) is 54.6 Å². The minimum atomic E-state index is 1.37. The Balaban J connectivity index is 2.06. The molecule has 0 N–H and O–H groups in total. The summed E-state index contributed by atoms with van der Waals surface area (Å²) >= 11 is 3.83. The van der Waals surface area contributed by atoms with Crippen LogP contribution in [-0.4, -0.2) is 0 Å². The molecule has 0 unspecified atom stereocenters. The average molecular weight is 308 g/mol. The van der Waals surface area contributed by atoms with Crippen LogP contribution in [-0.2, 0) is 0 Å². The Morgan fingerprint density at radius 3 is 1.65 bits per heavy atom. The fourth-order valence-corrected chi connectivity index (χ4v) is 6.83. The molecule has 94 valence electrons. The molecule has 0 saturated carbocycles. The molecule has 3 aromatic heterocycles. The van der Waals surface area contributed by atoms with Gasteiger partial charge in [-0.3, -0.25) is 0 Å². The second-order valence-corrected chi connectivity index (χ2v) is 8.16. The van der Waals surface area contributed by atoms with Crippen molar-refractivity contribution in [3.8, 4) is 0 Å². The van der Waals surface area contributed by atoms with Gasteiger partial charge in [-0.05, 0) is 18.2 Å². The van der Waals surface area contributed by atoms with E-state index in [9.17, 15) is 0 Å². The second kappa shape index (κ2) is 4.02. The summed E-state index contributed by atoms with van der Waals surface area (Å²) < 4.78 is 5.68. The molecule has 5 rings (SSSR count). The van der Waals surface area contributed by atoms with Crippen molar-refractivity contribution in [3.05, 3.63) is 54.6 Å². The Hall–Kier alpha value is -1.47. The zero-order chi connectivity index (χ0) is 13.1. The molecule has 3 heterocycles. The molecular weight excluding hydrogens is 299 g/mol. The van der Waals surface area contributed by atoms with Crippen LogP contribution in [0.25, 0.3) is 39.8 Å². The Kier molecular flexibility index (Phi) is 2.25. The third-order valence-electron chi connectivity index (χ3n) is 3.68. The zero-order valence-electron chi connectivity index (χ0n) is 10.5.